The highest BCUT2D eigenvalue weighted by molar-refractivity contribution is 7.92. The molecule has 1 aromatic heterocycles. The number of carbonyl (C=O) groups is 1. The minimum atomic E-state index is -3.69. The molecule has 1 heterocycles. The zero-order chi connectivity index (χ0) is 14.0. The molecule has 0 amide bonds. The van der Waals surface area contributed by atoms with E-state index in [0.29, 0.717) is 5.69 Å². The minimum absolute atomic E-state index is 0.0392. The van der Waals surface area contributed by atoms with Crippen molar-refractivity contribution >= 4 is 21.7 Å². The van der Waals surface area contributed by atoms with E-state index in [9.17, 15) is 13.2 Å². The topological polar surface area (TPSA) is 103 Å². The van der Waals surface area contributed by atoms with E-state index in [4.69, 9.17) is 5.11 Å². The molecular formula is C11H11N3O4S. The summed E-state index contributed by atoms with van der Waals surface area (Å²) in [5.74, 6) is -1.06. The van der Waals surface area contributed by atoms with Gasteiger partial charge in [-0.15, -0.1) is 0 Å². The van der Waals surface area contributed by atoms with Gasteiger partial charge in [0.2, 0.25) is 0 Å². The molecule has 8 heteroatoms. The lowest BCUT2D eigenvalue weighted by molar-refractivity contribution is 0.0697. The van der Waals surface area contributed by atoms with Crippen LogP contribution >= 0.6 is 0 Å². The number of H-pyrrole nitrogens is 1. The maximum absolute atomic E-state index is 12.2. The van der Waals surface area contributed by atoms with Gasteiger partial charge in [0, 0.05) is 13.2 Å². The van der Waals surface area contributed by atoms with Crippen LogP contribution in [0.5, 0.6) is 0 Å². The van der Waals surface area contributed by atoms with E-state index in [2.05, 4.69) is 10.2 Å². The third-order valence-corrected chi connectivity index (χ3v) is 4.36. The van der Waals surface area contributed by atoms with Gasteiger partial charge in [-0.3, -0.25) is 9.40 Å². The highest BCUT2D eigenvalue weighted by atomic mass is 32.2. The van der Waals surface area contributed by atoms with E-state index in [1.807, 2.05) is 0 Å². The fourth-order valence-corrected chi connectivity index (χ4v) is 2.59. The molecule has 100 valence electrons. The van der Waals surface area contributed by atoms with Gasteiger partial charge in [-0.1, -0.05) is 0 Å². The second kappa shape index (κ2) is 4.73. The molecular weight excluding hydrogens is 270 g/mol. The molecule has 0 saturated heterocycles. The van der Waals surface area contributed by atoms with E-state index < -0.39 is 16.0 Å². The molecule has 1 aromatic carbocycles. The average Bonchev–Trinajstić information content (AvgIpc) is 2.92. The van der Waals surface area contributed by atoms with Gasteiger partial charge in [-0.05, 0) is 24.3 Å². The molecule has 0 unspecified atom stereocenters. The number of carboxylic acids is 1. The lowest BCUT2D eigenvalue weighted by Gasteiger charge is -2.18. The van der Waals surface area contributed by atoms with Gasteiger partial charge in [0.1, 0.15) is 4.90 Å². The van der Waals surface area contributed by atoms with Crippen LogP contribution < -0.4 is 4.31 Å². The molecule has 0 atom stereocenters. The summed E-state index contributed by atoms with van der Waals surface area (Å²) in [6, 6.07) is 5.56. The Bertz CT molecular complexity index is 677. The van der Waals surface area contributed by atoms with Crippen molar-refractivity contribution in [1.82, 2.24) is 10.2 Å². The van der Waals surface area contributed by atoms with Crippen molar-refractivity contribution in [3.63, 3.8) is 0 Å². The minimum Gasteiger partial charge on any atom is -0.478 e. The molecule has 19 heavy (non-hydrogen) atoms. The van der Waals surface area contributed by atoms with Crippen LogP contribution in [0.1, 0.15) is 10.4 Å². The summed E-state index contributed by atoms with van der Waals surface area (Å²) >= 11 is 0. The predicted octanol–water partition coefficient (Wildman–Crippen LogP) is 0.933. The summed E-state index contributed by atoms with van der Waals surface area (Å²) in [6.07, 6.45) is 2.48. The SMILES string of the molecule is CN(c1ccc(C(=O)O)cc1)S(=O)(=O)c1cn[nH]c1. The fraction of sp³-hybridized carbons (Fsp3) is 0.0909. The third-order valence-electron chi connectivity index (χ3n) is 2.61. The van der Waals surface area contributed by atoms with Gasteiger partial charge < -0.3 is 5.11 Å². The zero-order valence-electron chi connectivity index (χ0n) is 9.94. The molecule has 2 rings (SSSR count). The van der Waals surface area contributed by atoms with Gasteiger partial charge in [0.15, 0.2) is 0 Å². The molecule has 0 aliphatic rings. The van der Waals surface area contributed by atoms with E-state index in [-0.39, 0.29) is 10.5 Å². The number of anilines is 1. The van der Waals surface area contributed by atoms with Crippen LogP contribution in [0.4, 0.5) is 5.69 Å². The summed E-state index contributed by atoms with van der Waals surface area (Å²) in [4.78, 5) is 10.8. The Morgan fingerprint density at radius 3 is 2.42 bits per heavy atom. The van der Waals surface area contributed by atoms with E-state index >= 15 is 0 Å². The second-order valence-electron chi connectivity index (χ2n) is 3.76. The molecule has 0 aliphatic heterocycles. The first-order chi connectivity index (χ1) is 8.93. The lowest BCUT2D eigenvalue weighted by atomic mass is 10.2. The Balaban J connectivity index is 2.34. The molecule has 2 aromatic rings. The monoisotopic (exact) mass is 281 g/mol. The number of benzene rings is 1. The van der Waals surface area contributed by atoms with Gasteiger partial charge in [0.05, 0.1) is 17.4 Å². The number of aromatic carboxylic acids is 1. The average molecular weight is 281 g/mol. The second-order valence-corrected chi connectivity index (χ2v) is 5.73. The maximum atomic E-state index is 12.2. The number of hydrogen-bond donors (Lipinski definition) is 2. The van der Waals surface area contributed by atoms with Crippen molar-refractivity contribution in [2.45, 2.75) is 4.90 Å². The van der Waals surface area contributed by atoms with Crippen LogP contribution in [0.15, 0.2) is 41.6 Å². The molecule has 0 spiro atoms. The Hall–Kier alpha value is -2.35. The lowest BCUT2D eigenvalue weighted by Crippen LogP contribution is -2.26. The molecule has 0 saturated carbocycles. The quantitative estimate of drug-likeness (QED) is 0.867. The number of carboxylic acid groups (broad SMARTS) is 1. The van der Waals surface area contributed by atoms with Crippen LogP contribution in [0.25, 0.3) is 0 Å². The summed E-state index contributed by atoms with van der Waals surface area (Å²) in [7, 11) is -2.30. The molecule has 2 N–H and O–H groups in total. The van der Waals surface area contributed by atoms with Crippen molar-refractivity contribution in [1.29, 1.82) is 0 Å². The highest BCUT2D eigenvalue weighted by Crippen LogP contribution is 2.21. The molecule has 0 bridgehead atoms. The van der Waals surface area contributed by atoms with Crippen LogP contribution in [0.3, 0.4) is 0 Å². The maximum Gasteiger partial charge on any atom is 0.335 e. The summed E-state index contributed by atoms with van der Waals surface area (Å²) in [5.41, 5.74) is 0.462. The van der Waals surface area contributed by atoms with Crippen molar-refractivity contribution in [2.75, 3.05) is 11.4 Å². The van der Waals surface area contributed by atoms with Crippen molar-refractivity contribution < 1.29 is 18.3 Å². The molecule has 0 radical (unpaired) electrons. The number of sulfonamides is 1. The molecule has 0 fully saturated rings. The number of rotatable bonds is 4. The van der Waals surface area contributed by atoms with Crippen molar-refractivity contribution in [3.05, 3.63) is 42.2 Å². The van der Waals surface area contributed by atoms with Crippen LogP contribution in [-0.4, -0.2) is 36.7 Å². The van der Waals surface area contributed by atoms with Crippen LogP contribution in [0.2, 0.25) is 0 Å². The number of nitrogens with one attached hydrogen (secondary N) is 1. The normalized spacial score (nSPS) is 11.2. The Labute approximate surface area is 109 Å². The summed E-state index contributed by atoms with van der Waals surface area (Å²) < 4.78 is 25.4. The fourth-order valence-electron chi connectivity index (χ4n) is 1.49. The number of nitrogens with zero attached hydrogens (tertiary/aromatic N) is 2. The Morgan fingerprint density at radius 2 is 1.95 bits per heavy atom. The summed E-state index contributed by atoms with van der Waals surface area (Å²) in [6.45, 7) is 0. The van der Waals surface area contributed by atoms with Gasteiger partial charge >= 0.3 is 5.97 Å². The molecule has 7 nitrogen and oxygen atoms in total. The first kappa shape index (κ1) is 13.1. The van der Waals surface area contributed by atoms with Gasteiger partial charge in [-0.2, -0.15) is 5.10 Å². The van der Waals surface area contributed by atoms with E-state index in [1.54, 1.807) is 0 Å². The zero-order valence-corrected chi connectivity index (χ0v) is 10.8. The van der Waals surface area contributed by atoms with Crippen molar-refractivity contribution in [3.8, 4) is 0 Å². The van der Waals surface area contributed by atoms with Crippen LogP contribution in [0, 0.1) is 0 Å². The predicted molar refractivity (Wildman–Crippen MR) is 67.6 cm³/mol. The van der Waals surface area contributed by atoms with E-state index in [1.165, 1.54) is 43.7 Å². The van der Waals surface area contributed by atoms with Crippen LogP contribution in [-0.2, 0) is 10.0 Å². The van der Waals surface area contributed by atoms with Gasteiger partial charge in [-0.25, -0.2) is 13.2 Å². The van der Waals surface area contributed by atoms with Gasteiger partial charge in [0.25, 0.3) is 10.0 Å². The smallest absolute Gasteiger partial charge is 0.335 e. The number of aromatic amines is 1. The first-order valence-corrected chi connectivity index (χ1v) is 6.68. The largest absolute Gasteiger partial charge is 0.478 e. The number of hydrogen-bond acceptors (Lipinski definition) is 4. The molecule has 0 aliphatic carbocycles. The Kier molecular flexibility index (Phi) is 3.26. The van der Waals surface area contributed by atoms with Crippen molar-refractivity contribution in [2.24, 2.45) is 0 Å². The Morgan fingerprint density at radius 1 is 1.32 bits per heavy atom. The third kappa shape index (κ3) is 2.43. The number of aromatic nitrogens is 2. The summed E-state index contributed by atoms with van der Waals surface area (Å²) in [5, 5.41) is 14.8. The first-order valence-electron chi connectivity index (χ1n) is 5.24. The standard InChI is InChI=1S/C11H11N3O4S/c1-14(19(17,18)10-6-12-13-7-10)9-4-2-8(3-5-9)11(15)16/h2-7H,1H3,(H,12,13)(H,15,16). The van der Waals surface area contributed by atoms with E-state index in [0.717, 1.165) is 4.31 Å². The highest BCUT2D eigenvalue weighted by Gasteiger charge is 2.22.